The van der Waals surface area contributed by atoms with E-state index in [2.05, 4.69) is 5.32 Å². The Kier molecular flexibility index (Phi) is 4.76. The molecule has 0 radical (unpaired) electrons. The van der Waals surface area contributed by atoms with E-state index in [9.17, 15) is 9.90 Å². The van der Waals surface area contributed by atoms with Crippen LogP contribution in [0, 0.1) is 20.8 Å². The summed E-state index contributed by atoms with van der Waals surface area (Å²) in [6.45, 7) is 6.73. The van der Waals surface area contributed by atoms with Crippen molar-refractivity contribution in [2.24, 2.45) is 0 Å². The normalized spacial score (nSPS) is 11.0. The highest BCUT2D eigenvalue weighted by Gasteiger charge is 2.23. The largest absolute Gasteiger partial charge is 0.478 e. The summed E-state index contributed by atoms with van der Waals surface area (Å²) in [6.07, 6.45) is 0. The van der Waals surface area contributed by atoms with Crippen LogP contribution in [0.15, 0.2) is 46.9 Å². The summed E-state index contributed by atoms with van der Waals surface area (Å²) in [5.74, 6) is 0.803. The highest BCUT2D eigenvalue weighted by atomic mass is 16.4. The van der Waals surface area contributed by atoms with E-state index in [1.165, 1.54) is 0 Å². The van der Waals surface area contributed by atoms with Crippen LogP contribution in [0.2, 0.25) is 0 Å². The Morgan fingerprint density at radius 3 is 2.36 bits per heavy atom. The van der Waals surface area contributed by atoms with Crippen molar-refractivity contribution in [3.8, 4) is 5.69 Å². The van der Waals surface area contributed by atoms with E-state index in [0.717, 1.165) is 34.2 Å². The Morgan fingerprint density at radius 2 is 1.76 bits per heavy atom. The highest BCUT2D eigenvalue weighted by Crippen LogP contribution is 2.26. The van der Waals surface area contributed by atoms with Crippen LogP contribution >= 0.6 is 0 Å². The first kappa shape index (κ1) is 17.0. The van der Waals surface area contributed by atoms with Crippen LogP contribution in [-0.4, -0.2) is 15.6 Å². The molecule has 130 valence electrons. The van der Waals surface area contributed by atoms with Crippen molar-refractivity contribution < 1.29 is 14.3 Å². The van der Waals surface area contributed by atoms with Gasteiger partial charge in [0, 0.05) is 29.2 Å². The molecule has 0 bridgehead atoms. The Balaban J connectivity index is 1.91. The van der Waals surface area contributed by atoms with E-state index >= 15 is 0 Å². The topological polar surface area (TPSA) is 67.4 Å². The van der Waals surface area contributed by atoms with Gasteiger partial charge in [0.15, 0.2) is 0 Å². The summed E-state index contributed by atoms with van der Waals surface area (Å²) < 4.78 is 7.54. The van der Waals surface area contributed by atoms with E-state index < -0.39 is 5.97 Å². The molecule has 1 aromatic carbocycles. The van der Waals surface area contributed by atoms with Crippen molar-refractivity contribution in [1.82, 2.24) is 9.88 Å². The van der Waals surface area contributed by atoms with E-state index in [0.29, 0.717) is 18.7 Å². The number of nitrogens with zero attached hydrogens (tertiary/aromatic N) is 1. The molecule has 25 heavy (non-hydrogen) atoms. The minimum atomic E-state index is -0.902. The van der Waals surface area contributed by atoms with Crippen LogP contribution in [-0.2, 0) is 13.1 Å². The third kappa shape index (κ3) is 3.37. The summed E-state index contributed by atoms with van der Waals surface area (Å²) in [5, 5.41) is 13.0. The number of carboxylic acids is 1. The molecule has 0 atom stereocenters. The third-order valence-corrected chi connectivity index (χ3v) is 4.40. The van der Waals surface area contributed by atoms with Crippen molar-refractivity contribution in [1.29, 1.82) is 0 Å². The first-order chi connectivity index (χ1) is 12.0. The molecule has 0 fully saturated rings. The Morgan fingerprint density at radius 1 is 1.04 bits per heavy atom. The van der Waals surface area contributed by atoms with Crippen LogP contribution in [0.4, 0.5) is 0 Å². The van der Waals surface area contributed by atoms with Gasteiger partial charge in [-0.2, -0.15) is 0 Å². The van der Waals surface area contributed by atoms with Crippen molar-refractivity contribution in [2.45, 2.75) is 33.9 Å². The molecule has 0 unspecified atom stereocenters. The highest BCUT2D eigenvalue weighted by molar-refractivity contribution is 5.91. The maximum absolute atomic E-state index is 11.8. The second-order valence-corrected chi connectivity index (χ2v) is 6.12. The molecule has 3 aromatic rings. The number of benzene rings is 1. The van der Waals surface area contributed by atoms with Crippen molar-refractivity contribution in [2.75, 3.05) is 0 Å². The van der Waals surface area contributed by atoms with E-state index in [-0.39, 0.29) is 0 Å². The van der Waals surface area contributed by atoms with Crippen molar-refractivity contribution in [3.05, 3.63) is 76.5 Å². The van der Waals surface area contributed by atoms with Gasteiger partial charge in [-0.1, -0.05) is 18.2 Å². The number of rotatable bonds is 6. The summed E-state index contributed by atoms with van der Waals surface area (Å²) in [6, 6.07) is 13.7. The third-order valence-electron chi connectivity index (χ3n) is 4.40. The number of hydrogen-bond acceptors (Lipinski definition) is 3. The molecule has 2 heterocycles. The van der Waals surface area contributed by atoms with Gasteiger partial charge in [-0.05, 0) is 45.0 Å². The minimum absolute atomic E-state index is 0.365. The summed E-state index contributed by atoms with van der Waals surface area (Å²) in [4.78, 5) is 11.8. The fourth-order valence-electron chi connectivity index (χ4n) is 3.25. The number of nitrogens with one attached hydrogen (secondary N) is 1. The number of aryl methyl sites for hydroxylation is 1. The number of para-hydroxylation sites is 1. The molecule has 0 aliphatic carbocycles. The Hall–Kier alpha value is -2.79. The monoisotopic (exact) mass is 338 g/mol. The second-order valence-electron chi connectivity index (χ2n) is 6.12. The minimum Gasteiger partial charge on any atom is -0.478 e. The van der Waals surface area contributed by atoms with Gasteiger partial charge in [0.1, 0.15) is 11.5 Å². The Bertz CT molecular complexity index is 891. The van der Waals surface area contributed by atoms with Gasteiger partial charge in [0.05, 0.1) is 12.1 Å². The lowest BCUT2D eigenvalue weighted by Gasteiger charge is -2.09. The van der Waals surface area contributed by atoms with Crippen LogP contribution in [0.3, 0.4) is 0 Å². The van der Waals surface area contributed by atoms with Gasteiger partial charge in [-0.25, -0.2) is 4.79 Å². The van der Waals surface area contributed by atoms with Gasteiger partial charge in [0.2, 0.25) is 0 Å². The van der Waals surface area contributed by atoms with Crippen molar-refractivity contribution in [3.63, 3.8) is 0 Å². The molecule has 0 saturated heterocycles. The molecule has 0 spiro atoms. The Labute approximate surface area is 146 Å². The molecule has 0 aliphatic heterocycles. The standard InChI is InChI=1S/C20H22N2O3/c1-13-9-10-17(25-13)11-21-12-18-14(2)22(15(3)19(18)20(23)24)16-7-5-4-6-8-16/h4-10,21H,11-12H2,1-3H3,(H,23,24). The lowest BCUT2D eigenvalue weighted by Crippen LogP contribution is -2.15. The number of carboxylic acid groups (broad SMARTS) is 1. The fraction of sp³-hybridized carbons (Fsp3) is 0.250. The SMILES string of the molecule is Cc1ccc(CNCc2c(C(=O)O)c(C)n(-c3ccccc3)c2C)o1. The molecule has 2 aromatic heterocycles. The zero-order valence-corrected chi connectivity index (χ0v) is 14.7. The van der Waals surface area contributed by atoms with E-state index in [4.69, 9.17) is 4.42 Å². The molecule has 2 N–H and O–H groups in total. The smallest absolute Gasteiger partial charge is 0.337 e. The van der Waals surface area contributed by atoms with Gasteiger partial charge in [-0.15, -0.1) is 0 Å². The van der Waals surface area contributed by atoms with Crippen LogP contribution in [0.25, 0.3) is 5.69 Å². The predicted octanol–water partition coefficient (Wildman–Crippen LogP) is 3.98. The van der Waals surface area contributed by atoms with E-state index in [1.807, 2.05) is 67.8 Å². The van der Waals surface area contributed by atoms with Gasteiger partial charge < -0.3 is 19.4 Å². The second kappa shape index (κ2) is 6.99. The average Bonchev–Trinajstić information content (AvgIpc) is 3.10. The summed E-state index contributed by atoms with van der Waals surface area (Å²) in [7, 11) is 0. The molecule has 0 saturated carbocycles. The number of aromatic nitrogens is 1. The molecule has 0 amide bonds. The number of hydrogen-bond donors (Lipinski definition) is 2. The van der Waals surface area contributed by atoms with E-state index in [1.54, 1.807) is 0 Å². The quantitative estimate of drug-likeness (QED) is 0.713. The maximum atomic E-state index is 11.8. The lowest BCUT2D eigenvalue weighted by molar-refractivity contribution is 0.0695. The summed E-state index contributed by atoms with van der Waals surface area (Å²) >= 11 is 0. The predicted molar refractivity (Wildman–Crippen MR) is 96.2 cm³/mol. The molecule has 5 heteroatoms. The van der Waals surface area contributed by atoms with Crippen LogP contribution < -0.4 is 5.32 Å². The van der Waals surface area contributed by atoms with Gasteiger partial charge in [0.25, 0.3) is 0 Å². The van der Waals surface area contributed by atoms with Crippen molar-refractivity contribution >= 4 is 5.97 Å². The fourth-order valence-corrected chi connectivity index (χ4v) is 3.25. The number of carbonyl (C=O) groups is 1. The first-order valence-corrected chi connectivity index (χ1v) is 8.24. The first-order valence-electron chi connectivity index (χ1n) is 8.24. The molecule has 5 nitrogen and oxygen atoms in total. The molecular weight excluding hydrogens is 316 g/mol. The van der Waals surface area contributed by atoms with Gasteiger partial charge in [-0.3, -0.25) is 0 Å². The zero-order valence-electron chi connectivity index (χ0n) is 14.7. The molecular formula is C20H22N2O3. The van der Waals surface area contributed by atoms with Crippen LogP contribution in [0.1, 0.15) is 38.8 Å². The molecule has 3 rings (SSSR count). The lowest BCUT2D eigenvalue weighted by atomic mass is 10.1. The van der Waals surface area contributed by atoms with Crippen LogP contribution in [0.5, 0.6) is 0 Å². The average molecular weight is 338 g/mol. The number of aromatic carboxylic acids is 1. The zero-order chi connectivity index (χ0) is 18.0. The maximum Gasteiger partial charge on any atom is 0.337 e. The van der Waals surface area contributed by atoms with Gasteiger partial charge >= 0.3 is 5.97 Å². The molecule has 0 aliphatic rings. The summed E-state index contributed by atoms with van der Waals surface area (Å²) in [5.41, 5.74) is 3.81. The number of furan rings is 1.